The zero-order valence-corrected chi connectivity index (χ0v) is 10.5. The van der Waals surface area contributed by atoms with E-state index in [2.05, 4.69) is 14.9 Å². The van der Waals surface area contributed by atoms with Crippen molar-refractivity contribution in [2.24, 2.45) is 0 Å². The highest BCUT2D eigenvalue weighted by molar-refractivity contribution is 7.93. The van der Waals surface area contributed by atoms with Crippen molar-refractivity contribution < 1.29 is 17.9 Å². The Labute approximate surface area is 106 Å². The van der Waals surface area contributed by atoms with E-state index in [1.54, 1.807) is 0 Å². The number of sulfonamides is 1. The Morgan fingerprint density at radius 2 is 2.22 bits per heavy atom. The number of nitrogens with one attached hydrogen (secondary N) is 1. The van der Waals surface area contributed by atoms with Crippen LogP contribution in [-0.4, -0.2) is 23.7 Å². The predicted octanol–water partition coefficient (Wildman–Crippen LogP) is 0.970. The molecule has 0 saturated carbocycles. The van der Waals surface area contributed by atoms with Crippen LogP contribution in [0.5, 0.6) is 0 Å². The molecule has 0 aliphatic heterocycles. The molecular weight excluding hydrogens is 281 g/mol. The second-order valence-electron chi connectivity index (χ2n) is 3.27. The van der Waals surface area contributed by atoms with Crippen LogP contribution in [0.1, 0.15) is 5.56 Å². The molecule has 9 heteroatoms. The molecule has 2 N–H and O–H groups in total. The van der Waals surface area contributed by atoms with Gasteiger partial charge in [-0.25, -0.2) is 12.8 Å². The lowest BCUT2D eigenvalue weighted by Gasteiger charge is -2.06. The number of hydrogen-bond acceptors (Lipinski definition) is 6. The van der Waals surface area contributed by atoms with Crippen molar-refractivity contribution in [2.75, 3.05) is 4.72 Å². The van der Waals surface area contributed by atoms with E-state index in [9.17, 15) is 12.8 Å². The molecule has 1 aromatic heterocycles. The van der Waals surface area contributed by atoms with E-state index >= 15 is 0 Å². The summed E-state index contributed by atoms with van der Waals surface area (Å²) in [6.45, 7) is -0.360. The van der Waals surface area contributed by atoms with Crippen LogP contribution in [0, 0.1) is 5.82 Å². The summed E-state index contributed by atoms with van der Waals surface area (Å²) in [5.41, 5.74) is 1.64. The van der Waals surface area contributed by atoms with Gasteiger partial charge in [-0.2, -0.15) is 0 Å². The molecule has 0 atom stereocenters. The zero-order chi connectivity index (χ0) is 13.2. The summed E-state index contributed by atoms with van der Waals surface area (Å²) < 4.78 is 39.4. The maximum atomic E-state index is 13.6. The van der Waals surface area contributed by atoms with Crippen LogP contribution in [0.15, 0.2) is 28.6 Å². The molecule has 2 aromatic rings. The second-order valence-corrected chi connectivity index (χ2v) is 5.76. The zero-order valence-electron chi connectivity index (χ0n) is 8.87. The van der Waals surface area contributed by atoms with Crippen molar-refractivity contribution in [3.63, 3.8) is 0 Å². The van der Waals surface area contributed by atoms with Crippen LogP contribution in [0.2, 0.25) is 0 Å². The molecule has 2 rings (SSSR count). The monoisotopic (exact) mass is 289 g/mol. The lowest BCUT2D eigenvalue weighted by molar-refractivity contribution is 0.281. The topological polar surface area (TPSA) is 92.2 Å². The molecule has 0 amide bonds. The van der Waals surface area contributed by atoms with Gasteiger partial charge in [-0.15, -0.1) is 10.2 Å². The van der Waals surface area contributed by atoms with Crippen molar-refractivity contribution >= 4 is 26.5 Å². The molecule has 0 fully saturated rings. The fraction of sp³-hybridized carbons (Fsp3) is 0.111. The molecule has 18 heavy (non-hydrogen) atoms. The molecule has 0 saturated heterocycles. The number of rotatable bonds is 4. The van der Waals surface area contributed by atoms with Crippen LogP contribution in [0.4, 0.5) is 9.52 Å². The summed E-state index contributed by atoms with van der Waals surface area (Å²) >= 11 is 0.983. The number of aliphatic hydroxyl groups excluding tert-OH is 1. The fourth-order valence-electron chi connectivity index (χ4n) is 1.25. The van der Waals surface area contributed by atoms with Gasteiger partial charge < -0.3 is 5.11 Å². The smallest absolute Gasteiger partial charge is 0.266 e. The standard InChI is InChI=1S/C9H8FN3O3S2/c10-7-3-6(4-14)1-2-8(7)18(15,16)13-9-12-11-5-17-9/h1-3,5,14H,4H2,(H,12,13). The normalized spacial score (nSPS) is 11.4. The van der Waals surface area contributed by atoms with Crippen LogP contribution >= 0.6 is 11.3 Å². The van der Waals surface area contributed by atoms with Crippen molar-refractivity contribution in [1.29, 1.82) is 0 Å². The molecule has 0 spiro atoms. The number of nitrogens with zero attached hydrogens (tertiary/aromatic N) is 2. The van der Waals surface area contributed by atoms with E-state index in [1.165, 1.54) is 11.6 Å². The van der Waals surface area contributed by atoms with Crippen LogP contribution < -0.4 is 4.72 Å². The van der Waals surface area contributed by atoms with Gasteiger partial charge in [-0.1, -0.05) is 17.4 Å². The number of benzene rings is 1. The van der Waals surface area contributed by atoms with Crippen LogP contribution in [-0.2, 0) is 16.6 Å². The molecule has 96 valence electrons. The summed E-state index contributed by atoms with van der Waals surface area (Å²) in [7, 11) is -4.04. The summed E-state index contributed by atoms with van der Waals surface area (Å²) in [6.07, 6.45) is 0. The molecule has 0 aliphatic rings. The Bertz CT molecular complexity index is 643. The minimum absolute atomic E-state index is 0.0561. The molecule has 6 nitrogen and oxygen atoms in total. The SMILES string of the molecule is O=S(=O)(Nc1nncs1)c1ccc(CO)cc1F. The molecule has 0 unspecified atom stereocenters. The van der Waals surface area contributed by atoms with E-state index in [4.69, 9.17) is 5.11 Å². The Morgan fingerprint density at radius 1 is 1.44 bits per heavy atom. The minimum atomic E-state index is -4.04. The van der Waals surface area contributed by atoms with Crippen molar-refractivity contribution in [3.8, 4) is 0 Å². The van der Waals surface area contributed by atoms with Gasteiger partial charge in [0.15, 0.2) is 0 Å². The Morgan fingerprint density at radius 3 is 2.78 bits per heavy atom. The van der Waals surface area contributed by atoms with E-state index in [0.29, 0.717) is 5.56 Å². The van der Waals surface area contributed by atoms with Crippen molar-refractivity contribution in [1.82, 2.24) is 10.2 Å². The number of aromatic nitrogens is 2. The predicted molar refractivity (Wildman–Crippen MR) is 63.0 cm³/mol. The number of anilines is 1. The van der Waals surface area contributed by atoms with Gasteiger partial charge in [-0.05, 0) is 17.7 Å². The van der Waals surface area contributed by atoms with Crippen LogP contribution in [0.25, 0.3) is 0 Å². The van der Waals surface area contributed by atoms with E-state index in [1.807, 2.05) is 0 Å². The first-order valence-corrected chi connectivity index (χ1v) is 7.07. The van der Waals surface area contributed by atoms with Gasteiger partial charge in [-0.3, -0.25) is 4.72 Å². The van der Waals surface area contributed by atoms with Gasteiger partial charge >= 0.3 is 0 Å². The Hall–Kier alpha value is -1.58. The highest BCUT2D eigenvalue weighted by atomic mass is 32.2. The lowest BCUT2D eigenvalue weighted by atomic mass is 10.2. The maximum Gasteiger partial charge on any atom is 0.266 e. The first-order valence-electron chi connectivity index (χ1n) is 4.71. The molecule has 0 aliphatic carbocycles. The fourth-order valence-corrected chi connectivity index (χ4v) is 3.00. The molecule has 0 bridgehead atoms. The van der Waals surface area contributed by atoms with Crippen molar-refractivity contribution in [3.05, 3.63) is 35.1 Å². The Balaban J connectivity index is 2.35. The molecular formula is C9H8FN3O3S2. The van der Waals surface area contributed by atoms with Gasteiger partial charge in [0.25, 0.3) is 10.0 Å². The van der Waals surface area contributed by atoms with Crippen molar-refractivity contribution in [2.45, 2.75) is 11.5 Å². The van der Waals surface area contributed by atoms with Gasteiger partial charge in [0.05, 0.1) is 6.61 Å². The van der Waals surface area contributed by atoms with E-state index in [-0.39, 0.29) is 11.7 Å². The minimum Gasteiger partial charge on any atom is -0.392 e. The number of aliphatic hydroxyl groups is 1. The van der Waals surface area contributed by atoms with E-state index in [0.717, 1.165) is 23.5 Å². The highest BCUT2D eigenvalue weighted by Gasteiger charge is 2.20. The average molecular weight is 289 g/mol. The van der Waals surface area contributed by atoms with Crippen LogP contribution in [0.3, 0.4) is 0 Å². The third-order valence-corrected chi connectivity index (χ3v) is 4.16. The van der Waals surface area contributed by atoms with E-state index < -0.39 is 20.7 Å². The number of halogens is 1. The highest BCUT2D eigenvalue weighted by Crippen LogP contribution is 2.20. The summed E-state index contributed by atoms with van der Waals surface area (Å²) in [4.78, 5) is -0.505. The van der Waals surface area contributed by atoms with Gasteiger partial charge in [0.2, 0.25) is 5.13 Å². The average Bonchev–Trinajstić information content (AvgIpc) is 2.80. The Kier molecular flexibility index (Phi) is 3.55. The quantitative estimate of drug-likeness (QED) is 0.875. The first-order chi connectivity index (χ1) is 8.53. The number of hydrogen-bond donors (Lipinski definition) is 2. The third-order valence-electron chi connectivity index (χ3n) is 2.05. The summed E-state index contributed by atoms with van der Waals surface area (Å²) in [5, 5.41) is 15.8. The van der Waals surface area contributed by atoms with Gasteiger partial charge in [0, 0.05) is 0 Å². The first kappa shape index (κ1) is 12.9. The lowest BCUT2D eigenvalue weighted by Crippen LogP contribution is -2.14. The third kappa shape index (κ3) is 2.63. The van der Waals surface area contributed by atoms with Gasteiger partial charge in [0.1, 0.15) is 16.2 Å². The summed E-state index contributed by atoms with van der Waals surface area (Å²) in [6, 6.07) is 3.39. The maximum absolute atomic E-state index is 13.6. The second kappa shape index (κ2) is 4.96. The molecule has 1 aromatic carbocycles. The molecule has 0 radical (unpaired) electrons. The molecule has 1 heterocycles. The largest absolute Gasteiger partial charge is 0.392 e. The summed E-state index contributed by atoms with van der Waals surface area (Å²) in [5.74, 6) is -0.932.